The first-order valence-corrected chi connectivity index (χ1v) is 13.1. The minimum Gasteiger partial charge on any atom is -0.376 e. The van der Waals surface area contributed by atoms with Crippen molar-refractivity contribution in [3.8, 4) is 0 Å². The smallest absolute Gasteiger partial charge is 0.249 e. The molecule has 0 bridgehead atoms. The van der Waals surface area contributed by atoms with Crippen molar-refractivity contribution in [1.29, 1.82) is 0 Å². The summed E-state index contributed by atoms with van der Waals surface area (Å²) in [5, 5.41) is 3.20. The van der Waals surface area contributed by atoms with Crippen LogP contribution < -0.4 is 10.2 Å². The Labute approximate surface area is 205 Å². The van der Waals surface area contributed by atoms with Gasteiger partial charge in [-0.25, -0.2) is 14.4 Å². The lowest BCUT2D eigenvalue weighted by Gasteiger charge is -2.44. The molecule has 3 atom stereocenters. The van der Waals surface area contributed by atoms with Crippen molar-refractivity contribution in [2.75, 3.05) is 37.7 Å². The van der Waals surface area contributed by atoms with E-state index in [2.05, 4.69) is 15.3 Å². The van der Waals surface area contributed by atoms with Gasteiger partial charge in [-0.2, -0.15) is 0 Å². The van der Waals surface area contributed by atoms with Gasteiger partial charge in [-0.05, 0) is 51.4 Å². The standard InChI is InChI=1S/C25H36FN5O4/c26-18-14-27-25(28-15-18)30-11-8-19(9-12-30)35-16-21-20(29-23(32)22-7-3-13-34-22)6-2-10-31(21)24(33)17-4-1-5-17/h14-15,17,19-22H,1-13,16H2,(H,29,32)/t20-,21-,22?/m1/s1. The number of rotatable bonds is 7. The molecule has 3 aliphatic heterocycles. The molecule has 1 N–H and O–H groups in total. The summed E-state index contributed by atoms with van der Waals surface area (Å²) in [4.78, 5) is 38.2. The molecule has 35 heavy (non-hydrogen) atoms. The van der Waals surface area contributed by atoms with Crippen LogP contribution in [0.2, 0.25) is 0 Å². The van der Waals surface area contributed by atoms with Gasteiger partial charge in [0.05, 0.1) is 37.2 Å². The molecule has 192 valence electrons. The number of ether oxygens (including phenoxy) is 2. The Hall–Kier alpha value is -2.33. The van der Waals surface area contributed by atoms with Gasteiger partial charge in [0.1, 0.15) is 6.10 Å². The van der Waals surface area contributed by atoms with Gasteiger partial charge < -0.3 is 24.6 Å². The summed E-state index contributed by atoms with van der Waals surface area (Å²) >= 11 is 0. The Morgan fingerprint density at radius 1 is 1.03 bits per heavy atom. The Balaban J connectivity index is 1.19. The molecule has 1 saturated carbocycles. The molecule has 4 fully saturated rings. The second-order valence-corrected chi connectivity index (χ2v) is 10.2. The Kier molecular flexibility index (Phi) is 7.77. The summed E-state index contributed by atoms with van der Waals surface area (Å²) < 4.78 is 25.1. The summed E-state index contributed by atoms with van der Waals surface area (Å²) in [5.74, 6) is 0.351. The van der Waals surface area contributed by atoms with Crippen molar-refractivity contribution in [2.24, 2.45) is 5.92 Å². The van der Waals surface area contributed by atoms with E-state index in [1.54, 1.807) is 0 Å². The lowest BCUT2D eigenvalue weighted by atomic mass is 9.83. The van der Waals surface area contributed by atoms with Gasteiger partial charge in [0, 0.05) is 32.2 Å². The van der Waals surface area contributed by atoms with E-state index in [0.29, 0.717) is 19.2 Å². The van der Waals surface area contributed by atoms with E-state index in [9.17, 15) is 14.0 Å². The fourth-order valence-electron chi connectivity index (χ4n) is 5.58. The SMILES string of the molecule is O=C(N[C@@H]1CCCN(C(=O)C2CCC2)[C@@H]1COC1CCN(c2ncc(F)cn2)CC1)C1CCCO1. The van der Waals surface area contributed by atoms with Gasteiger partial charge in [-0.1, -0.05) is 6.42 Å². The molecule has 5 rings (SSSR count). The number of hydrogen-bond donors (Lipinski definition) is 1. The fourth-order valence-corrected chi connectivity index (χ4v) is 5.58. The minimum atomic E-state index is -0.443. The first-order chi connectivity index (χ1) is 17.1. The van der Waals surface area contributed by atoms with Crippen LogP contribution >= 0.6 is 0 Å². The average molecular weight is 490 g/mol. The summed E-state index contributed by atoms with van der Waals surface area (Å²) in [6.45, 7) is 3.21. The van der Waals surface area contributed by atoms with Crippen LogP contribution in [0.25, 0.3) is 0 Å². The van der Waals surface area contributed by atoms with Gasteiger partial charge in [0.25, 0.3) is 0 Å². The molecular formula is C25H36FN5O4. The molecule has 1 aromatic rings. The number of halogens is 1. The second-order valence-electron chi connectivity index (χ2n) is 10.2. The van der Waals surface area contributed by atoms with Gasteiger partial charge in [0.2, 0.25) is 17.8 Å². The van der Waals surface area contributed by atoms with E-state index >= 15 is 0 Å². The van der Waals surface area contributed by atoms with E-state index in [1.165, 1.54) is 12.4 Å². The second kappa shape index (κ2) is 11.2. The number of anilines is 1. The van der Waals surface area contributed by atoms with Crippen LogP contribution in [-0.4, -0.2) is 83.8 Å². The third-order valence-corrected chi connectivity index (χ3v) is 7.90. The maximum absolute atomic E-state index is 13.2. The molecule has 9 nitrogen and oxygen atoms in total. The number of amides is 2. The van der Waals surface area contributed by atoms with E-state index in [0.717, 1.165) is 77.4 Å². The van der Waals surface area contributed by atoms with Crippen molar-refractivity contribution in [2.45, 2.75) is 82.1 Å². The van der Waals surface area contributed by atoms with Crippen molar-refractivity contribution in [1.82, 2.24) is 20.2 Å². The number of carbonyl (C=O) groups is 2. The largest absolute Gasteiger partial charge is 0.376 e. The monoisotopic (exact) mass is 489 g/mol. The normalized spacial score (nSPS) is 28.1. The molecule has 1 aromatic heterocycles. The molecular weight excluding hydrogens is 453 g/mol. The van der Waals surface area contributed by atoms with Crippen LogP contribution in [0, 0.1) is 11.7 Å². The number of carbonyl (C=O) groups excluding carboxylic acids is 2. The van der Waals surface area contributed by atoms with Crippen molar-refractivity contribution in [3.63, 3.8) is 0 Å². The Morgan fingerprint density at radius 2 is 1.80 bits per heavy atom. The van der Waals surface area contributed by atoms with Gasteiger partial charge in [-0.3, -0.25) is 9.59 Å². The van der Waals surface area contributed by atoms with Crippen molar-refractivity contribution >= 4 is 17.8 Å². The molecule has 4 aliphatic rings. The zero-order valence-corrected chi connectivity index (χ0v) is 20.2. The summed E-state index contributed by atoms with van der Waals surface area (Å²) in [7, 11) is 0. The van der Waals surface area contributed by atoms with E-state index in [-0.39, 0.29) is 42.0 Å². The van der Waals surface area contributed by atoms with Crippen molar-refractivity contribution < 1.29 is 23.5 Å². The van der Waals surface area contributed by atoms with Crippen molar-refractivity contribution in [3.05, 3.63) is 18.2 Å². The molecule has 0 aromatic carbocycles. The predicted molar refractivity (Wildman–Crippen MR) is 126 cm³/mol. The third-order valence-electron chi connectivity index (χ3n) is 7.90. The molecule has 10 heteroatoms. The first-order valence-electron chi connectivity index (χ1n) is 13.1. The fraction of sp³-hybridized carbons (Fsp3) is 0.760. The highest BCUT2D eigenvalue weighted by molar-refractivity contribution is 5.82. The number of piperidine rings is 2. The van der Waals surface area contributed by atoms with Crippen LogP contribution in [0.4, 0.5) is 10.3 Å². The molecule has 0 spiro atoms. The zero-order valence-electron chi connectivity index (χ0n) is 20.2. The summed E-state index contributed by atoms with van der Waals surface area (Å²) in [5.41, 5.74) is 0. The number of nitrogens with one attached hydrogen (secondary N) is 1. The van der Waals surface area contributed by atoms with Gasteiger partial charge in [-0.15, -0.1) is 0 Å². The average Bonchev–Trinajstić information content (AvgIpc) is 3.38. The van der Waals surface area contributed by atoms with E-state index in [4.69, 9.17) is 9.47 Å². The van der Waals surface area contributed by atoms with Crippen LogP contribution in [-0.2, 0) is 19.1 Å². The summed E-state index contributed by atoms with van der Waals surface area (Å²) in [6.07, 6.45) is 10.1. The van der Waals surface area contributed by atoms with E-state index < -0.39 is 5.82 Å². The van der Waals surface area contributed by atoms with Crippen LogP contribution in [0.1, 0.15) is 57.8 Å². The molecule has 2 amide bonds. The predicted octanol–water partition coefficient (Wildman–Crippen LogP) is 2.06. The highest BCUT2D eigenvalue weighted by Crippen LogP contribution is 2.31. The lowest BCUT2D eigenvalue weighted by molar-refractivity contribution is -0.147. The number of hydrogen-bond acceptors (Lipinski definition) is 7. The van der Waals surface area contributed by atoms with E-state index in [1.807, 2.05) is 9.80 Å². The minimum absolute atomic E-state index is 0.0591. The quantitative estimate of drug-likeness (QED) is 0.626. The van der Waals surface area contributed by atoms with Gasteiger partial charge >= 0.3 is 0 Å². The topological polar surface area (TPSA) is 96.9 Å². The molecule has 1 unspecified atom stereocenters. The van der Waals surface area contributed by atoms with Crippen LogP contribution in [0.15, 0.2) is 12.4 Å². The first kappa shape index (κ1) is 24.4. The van der Waals surface area contributed by atoms with Crippen LogP contribution in [0.5, 0.6) is 0 Å². The highest BCUT2D eigenvalue weighted by atomic mass is 19.1. The maximum atomic E-state index is 13.2. The Bertz CT molecular complexity index is 869. The number of likely N-dealkylation sites (tertiary alicyclic amines) is 1. The molecule has 3 saturated heterocycles. The summed E-state index contributed by atoms with van der Waals surface area (Å²) in [6, 6.07) is -0.294. The highest BCUT2D eigenvalue weighted by Gasteiger charge is 2.40. The maximum Gasteiger partial charge on any atom is 0.249 e. The van der Waals surface area contributed by atoms with Crippen LogP contribution in [0.3, 0.4) is 0 Å². The Morgan fingerprint density at radius 3 is 2.46 bits per heavy atom. The number of nitrogens with zero attached hydrogens (tertiary/aromatic N) is 4. The molecule has 1 aliphatic carbocycles. The zero-order chi connectivity index (χ0) is 24.2. The third kappa shape index (κ3) is 5.74. The number of aromatic nitrogens is 2. The lowest BCUT2D eigenvalue weighted by Crippen LogP contribution is -2.61. The molecule has 4 heterocycles. The molecule has 0 radical (unpaired) electrons. The van der Waals surface area contributed by atoms with Gasteiger partial charge in [0.15, 0.2) is 5.82 Å².